The van der Waals surface area contributed by atoms with Gasteiger partial charge in [0.15, 0.2) is 18.1 Å². The Balaban J connectivity index is 2.01. The molecule has 1 aromatic rings. The molecule has 0 unspecified atom stereocenters. The van der Waals surface area contributed by atoms with Gasteiger partial charge in [-0.25, -0.2) is 0 Å². The van der Waals surface area contributed by atoms with E-state index in [1.165, 1.54) is 12.8 Å². The van der Waals surface area contributed by atoms with Crippen LogP contribution in [0.2, 0.25) is 0 Å². The van der Waals surface area contributed by atoms with Crippen molar-refractivity contribution in [1.29, 1.82) is 5.26 Å². The van der Waals surface area contributed by atoms with Gasteiger partial charge in [0.05, 0.1) is 22.7 Å². The van der Waals surface area contributed by atoms with Gasteiger partial charge in [-0.15, -0.1) is 0 Å². The molecule has 0 aliphatic heterocycles. The largest absolute Gasteiger partial charge is 0.490 e. The lowest BCUT2D eigenvalue weighted by Gasteiger charge is -2.15. The summed E-state index contributed by atoms with van der Waals surface area (Å²) in [7, 11) is 0. The van der Waals surface area contributed by atoms with Crippen molar-refractivity contribution in [2.45, 2.75) is 38.6 Å². The molecule has 0 radical (unpaired) electrons. The molecular formula is C16H19BrN2O3. The quantitative estimate of drug-likeness (QED) is 0.839. The number of rotatable bonds is 6. The zero-order valence-corrected chi connectivity index (χ0v) is 14.1. The summed E-state index contributed by atoms with van der Waals surface area (Å²) in [5, 5.41) is 12.0. The number of amides is 1. The van der Waals surface area contributed by atoms with Gasteiger partial charge >= 0.3 is 0 Å². The first-order valence-corrected chi connectivity index (χ1v) is 8.22. The Labute approximate surface area is 138 Å². The summed E-state index contributed by atoms with van der Waals surface area (Å²) >= 11 is 3.36. The molecule has 0 bridgehead atoms. The Morgan fingerprint density at radius 2 is 2.14 bits per heavy atom. The summed E-state index contributed by atoms with van der Waals surface area (Å²) in [4.78, 5) is 11.9. The van der Waals surface area contributed by atoms with Crippen LogP contribution >= 0.6 is 15.9 Å². The molecule has 1 saturated carbocycles. The van der Waals surface area contributed by atoms with Crippen molar-refractivity contribution in [3.05, 3.63) is 22.2 Å². The third-order valence-electron chi connectivity index (χ3n) is 3.51. The average molecular weight is 367 g/mol. The summed E-state index contributed by atoms with van der Waals surface area (Å²) in [5.74, 6) is 0.773. The first-order valence-electron chi connectivity index (χ1n) is 7.42. The van der Waals surface area contributed by atoms with E-state index >= 15 is 0 Å². The highest BCUT2D eigenvalue weighted by Crippen LogP contribution is 2.36. The van der Waals surface area contributed by atoms with Gasteiger partial charge in [-0.1, -0.05) is 12.8 Å². The second kappa shape index (κ2) is 8.04. The minimum atomic E-state index is -0.134. The van der Waals surface area contributed by atoms with Crippen LogP contribution in [-0.4, -0.2) is 25.2 Å². The first kappa shape index (κ1) is 16.6. The zero-order valence-electron chi connectivity index (χ0n) is 12.5. The molecule has 22 heavy (non-hydrogen) atoms. The molecule has 1 aliphatic carbocycles. The number of carbonyl (C=O) groups is 1. The Bertz CT molecular complexity index is 577. The predicted molar refractivity (Wildman–Crippen MR) is 85.9 cm³/mol. The van der Waals surface area contributed by atoms with Crippen LogP contribution in [0, 0.1) is 11.3 Å². The number of nitrogens with one attached hydrogen (secondary N) is 1. The number of hydrogen-bond donors (Lipinski definition) is 1. The summed E-state index contributed by atoms with van der Waals surface area (Å²) < 4.78 is 11.7. The van der Waals surface area contributed by atoms with Gasteiger partial charge in [-0.05, 0) is 41.8 Å². The van der Waals surface area contributed by atoms with Crippen LogP contribution in [0.3, 0.4) is 0 Å². The van der Waals surface area contributed by atoms with Crippen molar-refractivity contribution in [3.8, 4) is 17.6 Å². The molecule has 5 nitrogen and oxygen atoms in total. The maximum atomic E-state index is 11.9. The van der Waals surface area contributed by atoms with Gasteiger partial charge in [0.1, 0.15) is 0 Å². The predicted octanol–water partition coefficient (Wildman–Crippen LogP) is 3.16. The number of benzene rings is 1. The molecule has 1 fully saturated rings. The highest BCUT2D eigenvalue weighted by Gasteiger charge is 2.18. The van der Waals surface area contributed by atoms with E-state index in [0.29, 0.717) is 28.1 Å². The van der Waals surface area contributed by atoms with Crippen molar-refractivity contribution in [1.82, 2.24) is 5.32 Å². The number of hydrogen-bond acceptors (Lipinski definition) is 4. The van der Waals surface area contributed by atoms with Crippen molar-refractivity contribution < 1.29 is 14.3 Å². The van der Waals surface area contributed by atoms with Crippen molar-refractivity contribution in [2.75, 3.05) is 13.2 Å². The highest BCUT2D eigenvalue weighted by molar-refractivity contribution is 9.10. The summed E-state index contributed by atoms with van der Waals surface area (Å²) in [6.07, 6.45) is 4.41. The Kier molecular flexibility index (Phi) is 6.08. The van der Waals surface area contributed by atoms with E-state index < -0.39 is 0 Å². The Hall–Kier alpha value is -1.74. The van der Waals surface area contributed by atoms with Gasteiger partial charge in [0.2, 0.25) is 0 Å². The Morgan fingerprint density at radius 1 is 1.41 bits per heavy atom. The molecule has 1 aliphatic rings. The second-order valence-electron chi connectivity index (χ2n) is 5.17. The molecule has 2 rings (SSSR count). The molecule has 1 amide bonds. The fraction of sp³-hybridized carbons (Fsp3) is 0.500. The van der Waals surface area contributed by atoms with E-state index in [-0.39, 0.29) is 18.6 Å². The number of nitriles is 1. The maximum Gasteiger partial charge on any atom is 0.258 e. The normalized spacial score (nSPS) is 14.4. The van der Waals surface area contributed by atoms with Gasteiger partial charge in [-0.3, -0.25) is 4.79 Å². The monoisotopic (exact) mass is 366 g/mol. The van der Waals surface area contributed by atoms with Crippen LogP contribution in [0.4, 0.5) is 0 Å². The van der Waals surface area contributed by atoms with E-state index in [1.807, 2.05) is 6.92 Å². The van der Waals surface area contributed by atoms with E-state index in [4.69, 9.17) is 14.7 Å². The van der Waals surface area contributed by atoms with Gasteiger partial charge in [0.25, 0.3) is 5.91 Å². The number of halogens is 1. The average Bonchev–Trinajstić information content (AvgIpc) is 2.99. The molecule has 0 saturated heterocycles. The number of carbonyl (C=O) groups excluding carboxylic acids is 1. The lowest BCUT2D eigenvalue weighted by atomic mass is 10.2. The molecule has 6 heteroatoms. The SMILES string of the molecule is CCOc1cc(C#N)cc(Br)c1OCC(=O)NC1CCCC1. The smallest absolute Gasteiger partial charge is 0.258 e. The first-order chi connectivity index (χ1) is 10.6. The van der Waals surface area contributed by atoms with Gasteiger partial charge < -0.3 is 14.8 Å². The molecule has 0 aromatic heterocycles. The molecule has 1 aromatic carbocycles. The lowest BCUT2D eigenvalue weighted by molar-refractivity contribution is -0.123. The van der Waals surface area contributed by atoms with Crippen molar-refractivity contribution >= 4 is 21.8 Å². The van der Waals surface area contributed by atoms with Crippen LogP contribution in [0.15, 0.2) is 16.6 Å². The molecular weight excluding hydrogens is 348 g/mol. The Morgan fingerprint density at radius 3 is 2.77 bits per heavy atom. The van der Waals surface area contributed by atoms with E-state index in [0.717, 1.165) is 12.8 Å². The lowest BCUT2D eigenvalue weighted by Crippen LogP contribution is -2.36. The maximum absolute atomic E-state index is 11.9. The molecule has 0 atom stereocenters. The van der Waals surface area contributed by atoms with E-state index in [9.17, 15) is 4.79 Å². The van der Waals surface area contributed by atoms with Gasteiger partial charge in [-0.2, -0.15) is 5.26 Å². The number of ether oxygens (including phenoxy) is 2. The fourth-order valence-corrected chi connectivity index (χ4v) is 3.07. The zero-order chi connectivity index (χ0) is 15.9. The van der Waals surface area contributed by atoms with Crippen molar-refractivity contribution in [3.63, 3.8) is 0 Å². The molecule has 1 N–H and O–H groups in total. The highest BCUT2D eigenvalue weighted by atomic mass is 79.9. The van der Waals surface area contributed by atoms with E-state index in [2.05, 4.69) is 27.3 Å². The molecule has 0 heterocycles. The summed E-state index contributed by atoms with van der Waals surface area (Å²) in [6.45, 7) is 2.23. The summed E-state index contributed by atoms with van der Waals surface area (Å²) in [6, 6.07) is 5.59. The van der Waals surface area contributed by atoms with Crippen LogP contribution in [0.1, 0.15) is 38.2 Å². The van der Waals surface area contributed by atoms with Crippen LogP contribution in [0.5, 0.6) is 11.5 Å². The summed E-state index contributed by atoms with van der Waals surface area (Å²) in [5.41, 5.74) is 0.470. The topological polar surface area (TPSA) is 71.3 Å². The minimum Gasteiger partial charge on any atom is -0.490 e. The standard InChI is InChI=1S/C16H19BrN2O3/c1-2-21-14-8-11(9-18)7-13(17)16(14)22-10-15(20)19-12-5-3-4-6-12/h7-8,12H,2-6,10H2,1H3,(H,19,20). The third-order valence-corrected chi connectivity index (χ3v) is 4.10. The van der Waals surface area contributed by atoms with Crippen molar-refractivity contribution in [2.24, 2.45) is 0 Å². The fourth-order valence-electron chi connectivity index (χ4n) is 2.51. The second-order valence-corrected chi connectivity index (χ2v) is 6.02. The molecule has 0 spiro atoms. The minimum absolute atomic E-state index is 0.0684. The molecule has 118 valence electrons. The van der Waals surface area contributed by atoms with Crippen LogP contribution in [0.25, 0.3) is 0 Å². The van der Waals surface area contributed by atoms with Crippen LogP contribution in [-0.2, 0) is 4.79 Å². The third kappa shape index (κ3) is 4.38. The number of nitrogens with zero attached hydrogens (tertiary/aromatic N) is 1. The van der Waals surface area contributed by atoms with Gasteiger partial charge in [0, 0.05) is 12.1 Å². The van der Waals surface area contributed by atoms with Crippen LogP contribution < -0.4 is 14.8 Å². The van der Waals surface area contributed by atoms with E-state index in [1.54, 1.807) is 12.1 Å².